The number of fused-ring (bicyclic) bond motifs is 3. The number of aryl methyl sites for hydroxylation is 1. The van der Waals surface area contributed by atoms with Crippen molar-refractivity contribution >= 4 is 39.6 Å². The molecule has 3 aromatic carbocycles. The molecule has 0 saturated carbocycles. The topological polar surface area (TPSA) is 180 Å². The van der Waals surface area contributed by atoms with Crippen LogP contribution >= 0.6 is 0 Å². The van der Waals surface area contributed by atoms with E-state index in [0.29, 0.717) is 12.8 Å². The van der Waals surface area contributed by atoms with Crippen LogP contribution in [-0.4, -0.2) is 92.7 Å². The molecule has 5 amide bonds. The molecule has 4 atom stereocenters. The summed E-state index contributed by atoms with van der Waals surface area (Å²) in [5, 5.41) is 10.5. The highest BCUT2D eigenvalue weighted by atomic mass is 32.2. The monoisotopic (exact) mass is 759 g/mol. The van der Waals surface area contributed by atoms with Gasteiger partial charge in [0.2, 0.25) is 23.6 Å². The van der Waals surface area contributed by atoms with Crippen molar-refractivity contribution in [1.29, 1.82) is 0 Å². The Morgan fingerprint density at radius 3 is 2.09 bits per heavy atom. The van der Waals surface area contributed by atoms with E-state index in [1.165, 1.54) is 24.8 Å². The number of nitrogens with one attached hydrogen (secondary N) is 4. The first-order valence-corrected chi connectivity index (χ1v) is 19.9. The lowest BCUT2D eigenvalue weighted by molar-refractivity contribution is -0.142. The first kappa shape index (κ1) is 40.0. The molecule has 14 heteroatoms. The van der Waals surface area contributed by atoms with E-state index >= 15 is 0 Å². The summed E-state index contributed by atoms with van der Waals surface area (Å²) in [5.74, 6) is -2.94. The third-order valence-electron chi connectivity index (χ3n) is 9.90. The Hall–Kier alpha value is -5.24. The van der Waals surface area contributed by atoms with Gasteiger partial charge in [-0.05, 0) is 79.5 Å². The number of carbonyl (C=O) groups is 5. The van der Waals surface area contributed by atoms with Gasteiger partial charge in [0.25, 0.3) is 0 Å². The highest BCUT2D eigenvalue weighted by Gasteiger charge is 2.38. The Labute approximate surface area is 316 Å². The Balaban J connectivity index is 1.09. The molecule has 5 rings (SSSR count). The van der Waals surface area contributed by atoms with E-state index in [0.717, 1.165) is 27.8 Å². The highest BCUT2D eigenvalue weighted by Crippen LogP contribution is 2.44. The standard InChI is InChI=1S/C40H49N5O8S/c1-24(2)35(38(48)41-19-21-54(51,52)28-13-10-12-25(3)22-28)44-37(47)34-18-11-20-45(34)39(49)27(5)42-36(46)26(4)43-40(50)53-23-33-31-16-8-6-14-29(31)30-15-7-9-17-32(30)33/h6-10,12-17,22,24,26-27,33-35H,11,18-21,23H2,1-5H3,(H,41,48)(H,42,46)(H,43,50)(H,44,47). The van der Waals surface area contributed by atoms with Crippen LogP contribution in [0.3, 0.4) is 0 Å². The van der Waals surface area contributed by atoms with Crippen LogP contribution in [0, 0.1) is 12.8 Å². The van der Waals surface area contributed by atoms with Gasteiger partial charge in [-0.25, -0.2) is 13.2 Å². The van der Waals surface area contributed by atoms with Gasteiger partial charge in [0, 0.05) is 19.0 Å². The van der Waals surface area contributed by atoms with Crippen molar-refractivity contribution in [2.75, 3.05) is 25.4 Å². The summed E-state index contributed by atoms with van der Waals surface area (Å²) in [6.45, 7) is 8.49. The fourth-order valence-corrected chi connectivity index (χ4v) is 8.22. The summed E-state index contributed by atoms with van der Waals surface area (Å²) >= 11 is 0. The van der Waals surface area contributed by atoms with E-state index in [-0.39, 0.29) is 42.2 Å². The molecule has 2 aliphatic rings. The van der Waals surface area contributed by atoms with Gasteiger partial charge >= 0.3 is 6.09 Å². The van der Waals surface area contributed by atoms with Crippen molar-refractivity contribution in [3.8, 4) is 11.1 Å². The Morgan fingerprint density at radius 2 is 1.46 bits per heavy atom. The van der Waals surface area contributed by atoms with Crippen LogP contribution in [0.15, 0.2) is 77.7 Å². The van der Waals surface area contributed by atoms with Crippen LogP contribution < -0.4 is 21.3 Å². The van der Waals surface area contributed by atoms with Crippen LogP contribution in [-0.2, 0) is 33.8 Å². The molecule has 0 aromatic heterocycles. The number of carbonyl (C=O) groups excluding carboxylic acids is 5. The van der Waals surface area contributed by atoms with Crippen LogP contribution in [0.1, 0.15) is 63.1 Å². The first-order valence-electron chi connectivity index (χ1n) is 18.3. The summed E-state index contributed by atoms with van der Waals surface area (Å²) in [4.78, 5) is 67.4. The molecule has 1 fully saturated rings. The lowest BCUT2D eigenvalue weighted by Gasteiger charge is -2.29. The number of likely N-dealkylation sites (tertiary alicyclic amines) is 1. The third kappa shape index (κ3) is 9.27. The maximum atomic E-state index is 13.5. The second-order valence-electron chi connectivity index (χ2n) is 14.3. The van der Waals surface area contributed by atoms with E-state index in [4.69, 9.17) is 4.74 Å². The van der Waals surface area contributed by atoms with Gasteiger partial charge in [-0.1, -0.05) is 74.5 Å². The number of nitrogens with zero attached hydrogens (tertiary/aromatic N) is 1. The summed E-state index contributed by atoms with van der Waals surface area (Å²) in [5.41, 5.74) is 5.11. The summed E-state index contributed by atoms with van der Waals surface area (Å²) in [6.07, 6.45) is 0.130. The highest BCUT2D eigenvalue weighted by molar-refractivity contribution is 7.91. The van der Waals surface area contributed by atoms with Crippen molar-refractivity contribution in [2.45, 2.75) is 82.4 Å². The summed E-state index contributed by atoms with van der Waals surface area (Å²) in [7, 11) is -3.63. The van der Waals surface area contributed by atoms with E-state index in [1.807, 2.05) is 48.5 Å². The zero-order chi connectivity index (χ0) is 39.2. The largest absolute Gasteiger partial charge is 0.449 e. The Morgan fingerprint density at radius 1 is 0.815 bits per heavy atom. The molecule has 0 bridgehead atoms. The number of hydrogen-bond acceptors (Lipinski definition) is 8. The van der Waals surface area contributed by atoms with Crippen LogP contribution in [0.5, 0.6) is 0 Å². The number of rotatable bonds is 14. The summed E-state index contributed by atoms with van der Waals surface area (Å²) < 4.78 is 31.1. The molecule has 4 N–H and O–H groups in total. The zero-order valence-corrected chi connectivity index (χ0v) is 32.1. The molecule has 13 nitrogen and oxygen atoms in total. The first-order chi connectivity index (χ1) is 25.7. The van der Waals surface area contributed by atoms with E-state index < -0.39 is 63.7 Å². The van der Waals surface area contributed by atoms with Gasteiger partial charge in [-0.3, -0.25) is 19.2 Å². The SMILES string of the molecule is Cc1cccc(S(=O)(=O)CCNC(=O)C(NC(=O)C2CCCN2C(=O)C(C)NC(=O)C(C)NC(=O)OCC2c3ccccc3-c3ccccc32)C(C)C)c1. The molecule has 1 saturated heterocycles. The van der Waals surface area contributed by atoms with Crippen LogP contribution in [0.4, 0.5) is 4.79 Å². The molecule has 1 aliphatic heterocycles. The van der Waals surface area contributed by atoms with Crippen molar-refractivity contribution < 1.29 is 37.1 Å². The molecule has 0 spiro atoms. The minimum Gasteiger partial charge on any atom is -0.449 e. The molecule has 54 heavy (non-hydrogen) atoms. The Bertz CT molecular complexity index is 1960. The maximum Gasteiger partial charge on any atom is 0.407 e. The molecule has 4 unspecified atom stereocenters. The third-order valence-corrected chi connectivity index (χ3v) is 11.6. The summed E-state index contributed by atoms with van der Waals surface area (Å²) in [6, 6.07) is 18.6. The molecule has 3 aromatic rings. The normalized spacial score (nSPS) is 16.8. The fourth-order valence-electron chi connectivity index (χ4n) is 6.96. The van der Waals surface area contributed by atoms with Crippen molar-refractivity contribution in [3.05, 3.63) is 89.5 Å². The second kappa shape index (κ2) is 17.3. The molecular weight excluding hydrogens is 711 g/mol. The average molecular weight is 760 g/mol. The minimum absolute atomic E-state index is 0.0801. The maximum absolute atomic E-state index is 13.5. The molecular formula is C40H49N5O8S. The lowest BCUT2D eigenvalue weighted by Crippen LogP contribution is -2.58. The fraction of sp³-hybridized carbons (Fsp3) is 0.425. The number of sulfone groups is 1. The lowest BCUT2D eigenvalue weighted by atomic mass is 9.98. The van der Waals surface area contributed by atoms with Crippen LogP contribution in [0.2, 0.25) is 0 Å². The number of benzene rings is 3. The molecule has 288 valence electrons. The van der Waals surface area contributed by atoms with Crippen molar-refractivity contribution in [3.63, 3.8) is 0 Å². The van der Waals surface area contributed by atoms with E-state index in [2.05, 4.69) is 21.3 Å². The molecule has 1 aliphatic carbocycles. The smallest absolute Gasteiger partial charge is 0.407 e. The van der Waals surface area contributed by atoms with Crippen molar-refractivity contribution in [2.24, 2.45) is 5.92 Å². The van der Waals surface area contributed by atoms with Gasteiger partial charge in [-0.2, -0.15) is 0 Å². The zero-order valence-electron chi connectivity index (χ0n) is 31.3. The van der Waals surface area contributed by atoms with Gasteiger partial charge in [0.05, 0.1) is 10.6 Å². The minimum atomic E-state index is -3.63. The van der Waals surface area contributed by atoms with Gasteiger partial charge in [-0.15, -0.1) is 0 Å². The molecule has 0 radical (unpaired) electrons. The van der Waals surface area contributed by atoms with Gasteiger partial charge < -0.3 is 30.9 Å². The molecule has 1 heterocycles. The predicted molar refractivity (Wildman–Crippen MR) is 203 cm³/mol. The average Bonchev–Trinajstić information content (AvgIpc) is 3.76. The van der Waals surface area contributed by atoms with E-state index in [1.54, 1.807) is 39.0 Å². The Kier molecular flexibility index (Phi) is 12.8. The number of amides is 5. The van der Waals surface area contributed by atoms with Crippen LogP contribution in [0.25, 0.3) is 11.1 Å². The second-order valence-corrected chi connectivity index (χ2v) is 16.4. The van der Waals surface area contributed by atoms with Gasteiger partial charge in [0.15, 0.2) is 9.84 Å². The number of ether oxygens (including phenoxy) is 1. The predicted octanol–water partition coefficient (Wildman–Crippen LogP) is 3.45. The number of hydrogen-bond donors (Lipinski definition) is 4. The van der Waals surface area contributed by atoms with Gasteiger partial charge in [0.1, 0.15) is 30.8 Å². The van der Waals surface area contributed by atoms with E-state index in [9.17, 15) is 32.4 Å². The van der Waals surface area contributed by atoms with Crippen molar-refractivity contribution in [1.82, 2.24) is 26.2 Å². The quantitative estimate of drug-likeness (QED) is 0.193. The number of alkyl carbamates (subject to hydrolysis) is 1.